The molecule has 26 heavy (non-hydrogen) atoms. The van der Waals surface area contributed by atoms with E-state index in [-0.39, 0.29) is 31.8 Å². The number of carbonyl (C=O) groups excluding carboxylic acids is 2. The van der Waals surface area contributed by atoms with Gasteiger partial charge in [0.2, 0.25) is 0 Å². The lowest BCUT2D eigenvalue weighted by atomic mass is 9.84. The van der Waals surface area contributed by atoms with Gasteiger partial charge in [-0.2, -0.15) is 0 Å². The number of ether oxygens (including phenoxy) is 1. The van der Waals surface area contributed by atoms with Crippen LogP contribution in [-0.4, -0.2) is 51.6 Å². The Morgan fingerprint density at radius 2 is 1.88 bits per heavy atom. The molecule has 0 aliphatic carbocycles. The van der Waals surface area contributed by atoms with Gasteiger partial charge in [-0.1, -0.05) is 41.9 Å². The number of aliphatic hydroxyl groups is 1. The number of ketones is 1. The Morgan fingerprint density at radius 1 is 1.15 bits per heavy atom. The predicted molar refractivity (Wildman–Crippen MR) is 104 cm³/mol. The van der Waals surface area contributed by atoms with Crippen LogP contribution in [0.1, 0.15) is 65.2 Å². The highest BCUT2D eigenvalue weighted by Gasteiger charge is 2.34. The van der Waals surface area contributed by atoms with Crippen LogP contribution in [0.3, 0.4) is 0 Å². The molecular weight excluding hydrogens is 376 g/mol. The SMILES string of the molecule is CC(C)(COC(=O)CCCC[C@@H]1CCSS1)[C@@H](O)C(=O)CCCC(=O)O. The van der Waals surface area contributed by atoms with Gasteiger partial charge in [0, 0.05) is 35.7 Å². The summed E-state index contributed by atoms with van der Waals surface area (Å²) in [5, 5.41) is 19.5. The summed E-state index contributed by atoms with van der Waals surface area (Å²) in [7, 11) is 3.85. The number of Topliss-reactive ketones (excluding diaryl/α,β-unsaturated/α-hetero) is 1. The molecule has 6 nitrogen and oxygen atoms in total. The van der Waals surface area contributed by atoms with Crippen molar-refractivity contribution >= 4 is 39.3 Å². The smallest absolute Gasteiger partial charge is 0.305 e. The Labute approximate surface area is 163 Å². The molecule has 0 bridgehead atoms. The molecule has 0 aromatic carbocycles. The number of carboxylic acid groups (broad SMARTS) is 1. The third-order valence-corrected chi connectivity index (χ3v) is 7.36. The van der Waals surface area contributed by atoms with E-state index in [9.17, 15) is 19.5 Å². The van der Waals surface area contributed by atoms with Crippen LogP contribution < -0.4 is 0 Å². The van der Waals surface area contributed by atoms with Crippen LogP contribution >= 0.6 is 21.6 Å². The number of rotatable bonds is 13. The molecule has 1 rings (SSSR count). The van der Waals surface area contributed by atoms with E-state index in [0.29, 0.717) is 11.7 Å². The summed E-state index contributed by atoms with van der Waals surface area (Å²) < 4.78 is 5.24. The minimum atomic E-state index is -1.28. The Morgan fingerprint density at radius 3 is 2.50 bits per heavy atom. The van der Waals surface area contributed by atoms with Gasteiger partial charge in [-0.3, -0.25) is 14.4 Å². The van der Waals surface area contributed by atoms with Crippen LogP contribution in [0.4, 0.5) is 0 Å². The molecule has 0 amide bonds. The first-order valence-electron chi connectivity index (χ1n) is 9.09. The molecule has 2 atom stereocenters. The highest BCUT2D eigenvalue weighted by Crippen LogP contribution is 2.39. The number of hydrogen-bond donors (Lipinski definition) is 2. The summed E-state index contributed by atoms with van der Waals surface area (Å²) in [4.78, 5) is 34.3. The highest BCUT2D eigenvalue weighted by molar-refractivity contribution is 8.77. The molecule has 0 aromatic heterocycles. The van der Waals surface area contributed by atoms with Crippen LogP contribution in [-0.2, 0) is 19.1 Å². The molecule has 1 fully saturated rings. The first-order chi connectivity index (χ1) is 12.2. The number of aliphatic carboxylic acids is 1. The lowest BCUT2D eigenvalue weighted by Crippen LogP contribution is -2.40. The topological polar surface area (TPSA) is 101 Å². The molecule has 0 saturated carbocycles. The second kappa shape index (κ2) is 11.9. The minimum absolute atomic E-state index is 0.00229. The van der Waals surface area contributed by atoms with Crippen molar-refractivity contribution in [2.45, 2.75) is 76.6 Å². The number of carboxylic acids is 1. The van der Waals surface area contributed by atoms with Gasteiger partial charge >= 0.3 is 11.9 Å². The van der Waals surface area contributed by atoms with Crippen molar-refractivity contribution in [3.63, 3.8) is 0 Å². The zero-order chi connectivity index (χ0) is 19.6. The maximum atomic E-state index is 12.0. The fraction of sp³-hybridized carbons (Fsp3) is 0.833. The molecule has 0 aromatic rings. The largest absolute Gasteiger partial charge is 0.481 e. The molecule has 1 aliphatic rings. The molecule has 1 heterocycles. The third-order valence-electron chi connectivity index (χ3n) is 4.35. The van der Waals surface area contributed by atoms with Crippen LogP contribution in [0.5, 0.6) is 0 Å². The first-order valence-corrected chi connectivity index (χ1v) is 11.5. The molecular formula is C18H30O6S2. The molecule has 0 spiro atoms. The van der Waals surface area contributed by atoms with Crippen molar-refractivity contribution in [3.8, 4) is 0 Å². The van der Waals surface area contributed by atoms with Crippen LogP contribution in [0, 0.1) is 5.41 Å². The van der Waals surface area contributed by atoms with E-state index in [0.717, 1.165) is 19.3 Å². The van der Waals surface area contributed by atoms with E-state index in [4.69, 9.17) is 9.84 Å². The van der Waals surface area contributed by atoms with Gasteiger partial charge in [-0.15, -0.1) is 0 Å². The minimum Gasteiger partial charge on any atom is -0.481 e. The standard InChI is InChI=1S/C18H30O6S2/c1-18(2,17(23)14(19)7-5-8-15(20)21)12-24-16(22)9-4-3-6-13-10-11-25-26-13/h13,17,23H,3-12H2,1-2H3,(H,20,21)/t13-,17+/m1/s1. The summed E-state index contributed by atoms with van der Waals surface area (Å²) in [6.45, 7) is 3.29. The van der Waals surface area contributed by atoms with Gasteiger partial charge in [0.15, 0.2) is 5.78 Å². The predicted octanol–water partition coefficient (Wildman–Crippen LogP) is 3.45. The van der Waals surface area contributed by atoms with Gasteiger partial charge in [0.05, 0.1) is 6.61 Å². The quantitative estimate of drug-likeness (QED) is 0.272. The summed E-state index contributed by atoms with van der Waals surface area (Å²) in [6, 6.07) is 0. The maximum Gasteiger partial charge on any atom is 0.305 e. The van der Waals surface area contributed by atoms with Gasteiger partial charge < -0.3 is 14.9 Å². The number of carbonyl (C=O) groups is 3. The fourth-order valence-electron chi connectivity index (χ4n) is 2.61. The third kappa shape index (κ3) is 9.28. The van der Waals surface area contributed by atoms with Gasteiger partial charge in [-0.05, 0) is 25.7 Å². The highest BCUT2D eigenvalue weighted by atomic mass is 33.1. The van der Waals surface area contributed by atoms with Crippen molar-refractivity contribution in [2.24, 2.45) is 5.41 Å². The summed E-state index contributed by atoms with van der Waals surface area (Å²) >= 11 is 0. The van der Waals surface area contributed by atoms with Gasteiger partial charge in [0.1, 0.15) is 6.10 Å². The summed E-state index contributed by atoms with van der Waals surface area (Å²) in [5.41, 5.74) is -0.895. The summed E-state index contributed by atoms with van der Waals surface area (Å²) in [6.07, 6.45) is 3.32. The van der Waals surface area contributed by atoms with E-state index in [1.54, 1.807) is 13.8 Å². The zero-order valence-electron chi connectivity index (χ0n) is 15.6. The van der Waals surface area contributed by atoms with E-state index in [1.165, 1.54) is 12.2 Å². The second-order valence-corrected chi connectivity index (χ2v) is 10.1. The number of esters is 1. The summed E-state index contributed by atoms with van der Waals surface area (Å²) in [5.74, 6) is -0.480. The van der Waals surface area contributed by atoms with E-state index >= 15 is 0 Å². The van der Waals surface area contributed by atoms with Crippen molar-refractivity contribution in [1.82, 2.24) is 0 Å². The molecule has 2 N–H and O–H groups in total. The van der Waals surface area contributed by atoms with Crippen molar-refractivity contribution < 1.29 is 29.3 Å². The average molecular weight is 407 g/mol. The first kappa shape index (κ1) is 23.3. The van der Waals surface area contributed by atoms with Gasteiger partial charge in [-0.25, -0.2) is 0 Å². The average Bonchev–Trinajstić information content (AvgIpc) is 3.09. The van der Waals surface area contributed by atoms with Crippen LogP contribution in [0.15, 0.2) is 0 Å². The van der Waals surface area contributed by atoms with Crippen LogP contribution in [0.25, 0.3) is 0 Å². The van der Waals surface area contributed by atoms with Crippen LogP contribution in [0.2, 0.25) is 0 Å². The van der Waals surface area contributed by atoms with Crippen molar-refractivity contribution in [3.05, 3.63) is 0 Å². The maximum absolute atomic E-state index is 12.0. The molecule has 1 aliphatic heterocycles. The Hall–Kier alpha value is -0.730. The molecule has 0 radical (unpaired) electrons. The normalized spacial score (nSPS) is 18.5. The Balaban J connectivity index is 2.21. The number of unbranched alkanes of at least 4 members (excludes halogenated alkanes) is 1. The molecule has 150 valence electrons. The number of aliphatic hydroxyl groups excluding tert-OH is 1. The molecule has 0 unspecified atom stereocenters. The number of hydrogen-bond acceptors (Lipinski definition) is 7. The Kier molecular flexibility index (Phi) is 10.6. The zero-order valence-corrected chi connectivity index (χ0v) is 17.2. The van der Waals surface area contributed by atoms with Gasteiger partial charge in [0.25, 0.3) is 0 Å². The Bertz CT molecular complexity index is 474. The van der Waals surface area contributed by atoms with E-state index in [1.807, 2.05) is 21.6 Å². The lowest BCUT2D eigenvalue weighted by molar-refractivity contribution is -0.153. The second-order valence-electron chi connectivity index (χ2n) is 7.34. The lowest BCUT2D eigenvalue weighted by Gasteiger charge is -2.29. The monoisotopic (exact) mass is 406 g/mol. The van der Waals surface area contributed by atoms with Crippen molar-refractivity contribution in [2.75, 3.05) is 12.4 Å². The van der Waals surface area contributed by atoms with Crippen molar-refractivity contribution in [1.29, 1.82) is 0 Å². The van der Waals surface area contributed by atoms with E-state index in [2.05, 4.69) is 0 Å². The fourth-order valence-corrected chi connectivity index (χ4v) is 5.64. The molecule has 1 saturated heterocycles. The molecule has 8 heteroatoms. The van der Waals surface area contributed by atoms with E-state index < -0.39 is 23.3 Å².